The molecule has 1 atom stereocenters. The molecule has 3 N–H and O–H groups in total. The molecule has 0 spiro atoms. The van der Waals surface area contributed by atoms with Crippen molar-refractivity contribution in [2.75, 3.05) is 18.5 Å². The summed E-state index contributed by atoms with van der Waals surface area (Å²) in [5, 5.41) is 0. The first-order chi connectivity index (χ1) is 8.26. The Balaban J connectivity index is 2.15. The Labute approximate surface area is 101 Å². The number of hydrazine groups is 1. The summed E-state index contributed by atoms with van der Waals surface area (Å²) in [6, 6.07) is 1.71. The molecule has 1 amide bonds. The van der Waals surface area contributed by atoms with Crippen molar-refractivity contribution in [1.29, 1.82) is 0 Å². The van der Waals surface area contributed by atoms with Crippen LogP contribution in [-0.2, 0) is 0 Å². The summed E-state index contributed by atoms with van der Waals surface area (Å²) in [5.41, 5.74) is 3.72. The molecule has 0 radical (unpaired) electrons. The molecule has 1 unspecified atom stereocenters. The van der Waals surface area contributed by atoms with Crippen LogP contribution in [0.2, 0.25) is 0 Å². The largest absolute Gasteiger partial charge is 0.338 e. The quantitative estimate of drug-likeness (QED) is 0.609. The van der Waals surface area contributed by atoms with Gasteiger partial charge in [0.2, 0.25) is 0 Å². The zero-order chi connectivity index (χ0) is 12.3. The molecule has 1 fully saturated rings. The first-order valence-electron chi connectivity index (χ1n) is 5.96. The Morgan fingerprint density at radius 3 is 3.18 bits per heavy atom. The number of aromatic nitrogens is 1. The summed E-state index contributed by atoms with van der Waals surface area (Å²) >= 11 is 0. The molecule has 2 rings (SSSR count). The molecule has 5 heteroatoms. The molecule has 2 heterocycles. The van der Waals surface area contributed by atoms with Crippen molar-refractivity contribution in [3.05, 3.63) is 24.0 Å². The van der Waals surface area contributed by atoms with E-state index >= 15 is 0 Å². The molecule has 1 aliphatic rings. The second-order valence-corrected chi connectivity index (χ2v) is 4.38. The number of carbonyl (C=O) groups is 1. The van der Waals surface area contributed by atoms with E-state index in [2.05, 4.69) is 17.3 Å². The normalized spacial score (nSPS) is 19.4. The van der Waals surface area contributed by atoms with Gasteiger partial charge in [0.15, 0.2) is 0 Å². The molecule has 0 aliphatic carbocycles. The van der Waals surface area contributed by atoms with E-state index < -0.39 is 0 Å². The lowest BCUT2D eigenvalue weighted by molar-refractivity contribution is 0.0787. The second-order valence-electron chi connectivity index (χ2n) is 4.38. The Hall–Kier alpha value is -1.62. The molecule has 0 bridgehead atoms. The molecular weight excluding hydrogens is 216 g/mol. The minimum Gasteiger partial charge on any atom is -0.338 e. The number of hydrogen-bond donors (Lipinski definition) is 2. The maximum absolute atomic E-state index is 12.3. The van der Waals surface area contributed by atoms with Gasteiger partial charge in [-0.15, -0.1) is 0 Å². The lowest BCUT2D eigenvalue weighted by Crippen LogP contribution is -2.29. The van der Waals surface area contributed by atoms with E-state index in [1.807, 2.05) is 4.90 Å². The molecule has 0 saturated carbocycles. The average Bonchev–Trinajstić information content (AvgIpc) is 2.86. The monoisotopic (exact) mass is 234 g/mol. The molecular formula is C12H18N4O. The fourth-order valence-corrected chi connectivity index (χ4v) is 2.21. The summed E-state index contributed by atoms with van der Waals surface area (Å²) < 4.78 is 0. The van der Waals surface area contributed by atoms with Crippen LogP contribution < -0.4 is 11.3 Å². The highest BCUT2D eigenvalue weighted by molar-refractivity contribution is 5.99. The van der Waals surface area contributed by atoms with Gasteiger partial charge in [0, 0.05) is 25.5 Å². The standard InChI is InChI=1S/C12H18N4O/c1-2-9-4-6-16(8-9)12(17)10-7-14-5-3-11(10)15-13/h3,5,7,9H,2,4,6,8,13H2,1H3,(H,14,15). The van der Waals surface area contributed by atoms with Crippen molar-refractivity contribution >= 4 is 11.6 Å². The first-order valence-corrected chi connectivity index (χ1v) is 5.96. The number of amides is 1. The topological polar surface area (TPSA) is 71.2 Å². The molecule has 17 heavy (non-hydrogen) atoms. The van der Waals surface area contributed by atoms with Crippen molar-refractivity contribution in [1.82, 2.24) is 9.88 Å². The van der Waals surface area contributed by atoms with Gasteiger partial charge in [0.1, 0.15) is 0 Å². The van der Waals surface area contributed by atoms with Gasteiger partial charge in [0.05, 0.1) is 11.3 Å². The zero-order valence-corrected chi connectivity index (χ0v) is 10.0. The van der Waals surface area contributed by atoms with Gasteiger partial charge >= 0.3 is 0 Å². The maximum Gasteiger partial charge on any atom is 0.257 e. The predicted octanol–water partition coefficient (Wildman–Crippen LogP) is 1.24. The number of hydrogen-bond acceptors (Lipinski definition) is 4. The number of nitrogens with one attached hydrogen (secondary N) is 1. The molecule has 0 aromatic carbocycles. The van der Waals surface area contributed by atoms with Gasteiger partial charge in [-0.25, -0.2) is 0 Å². The summed E-state index contributed by atoms with van der Waals surface area (Å²) in [7, 11) is 0. The van der Waals surface area contributed by atoms with Crippen LogP contribution in [0.5, 0.6) is 0 Å². The van der Waals surface area contributed by atoms with E-state index in [-0.39, 0.29) is 5.91 Å². The molecule has 1 aromatic rings. The highest BCUT2D eigenvalue weighted by Gasteiger charge is 2.27. The van der Waals surface area contributed by atoms with Crippen LogP contribution in [0.25, 0.3) is 0 Å². The number of nitrogens with two attached hydrogens (primary N) is 1. The van der Waals surface area contributed by atoms with Crippen molar-refractivity contribution < 1.29 is 4.79 Å². The third kappa shape index (κ3) is 2.39. The van der Waals surface area contributed by atoms with Crippen LogP contribution in [-0.4, -0.2) is 28.9 Å². The number of carbonyl (C=O) groups excluding carboxylic acids is 1. The summed E-state index contributed by atoms with van der Waals surface area (Å²) in [5.74, 6) is 6.04. The number of anilines is 1. The van der Waals surface area contributed by atoms with Crippen LogP contribution in [0.1, 0.15) is 30.1 Å². The molecule has 1 saturated heterocycles. The smallest absolute Gasteiger partial charge is 0.257 e. The number of nitrogens with zero attached hydrogens (tertiary/aromatic N) is 2. The van der Waals surface area contributed by atoms with E-state index in [1.54, 1.807) is 18.5 Å². The van der Waals surface area contributed by atoms with Gasteiger partial charge < -0.3 is 10.3 Å². The number of nitrogen functional groups attached to an aromatic ring is 1. The molecule has 92 valence electrons. The number of likely N-dealkylation sites (tertiary alicyclic amines) is 1. The van der Waals surface area contributed by atoms with Crippen molar-refractivity contribution in [2.45, 2.75) is 19.8 Å². The maximum atomic E-state index is 12.3. The van der Waals surface area contributed by atoms with Gasteiger partial charge in [-0.1, -0.05) is 13.3 Å². The second kappa shape index (κ2) is 5.14. The van der Waals surface area contributed by atoms with Crippen LogP contribution in [0.3, 0.4) is 0 Å². The Bertz CT molecular complexity index is 407. The Morgan fingerprint density at radius 2 is 2.53 bits per heavy atom. The molecule has 5 nitrogen and oxygen atoms in total. The number of rotatable bonds is 3. The van der Waals surface area contributed by atoms with E-state index in [1.165, 1.54) is 0 Å². The van der Waals surface area contributed by atoms with Crippen LogP contribution in [0.4, 0.5) is 5.69 Å². The summed E-state index contributed by atoms with van der Waals surface area (Å²) in [4.78, 5) is 18.1. The molecule has 1 aromatic heterocycles. The Morgan fingerprint density at radius 1 is 1.71 bits per heavy atom. The van der Waals surface area contributed by atoms with Crippen LogP contribution >= 0.6 is 0 Å². The van der Waals surface area contributed by atoms with Gasteiger partial charge in [-0.3, -0.25) is 15.6 Å². The van der Waals surface area contributed by atoms with Crippen molar-refractivity contribution in [3.63, 3.8) is 0 Å². The Kier molecular flexibility index (Phi) is 3.58. The van der Waals surface area contributed by atoms with Gasteiger partial charge in [-0.2, -0.15) is 0 Å². The third-order valence-corrected chi connectivity index (χ3v) is 3.36. The summed E-state index contributed by atoms with van der Waals surface area (Å²) in [6.45, 7) is 3.83. The van der Waals surface area contributed by atoms with Crippen molar-refractivity contribution in [3.8, 4) is 0 Å². The SMILES string of the molecule is CCC1CCN(C(=O)c2cnccc2NN)C1. The first kappa shape index (κ1) is 11.9. The van der Waals surface area contributed by atoms with E-state index in [0.717, 1.165) is 25.9 Å². The lowest BCUT2D eigenvalue weighted by atomic mass is 10.1. The van der Waals surface area contributed by atoms with E-state index in [9.17, 15) is 4.79 Å². The third-order valence-electron chi connectivity index (χ3n) is 3.36. The highest BCUT2D eigenvalue weighted by atomic mass is 16.2. The fraction of sp³-hybridized carbons (Fsp3) is 0.500. The minimum atomic E-state index is 0.0157. The summed E-state index contributed by atoms with van der Waals surface area (Å²) in [6.07, 6.45) is 5.40. The average molecular weight is 234 g/mol. The molecule has 1 aliphatic heterocycles. The van der Waals surface area contributed by atoms with Crippen molar-refractivity contribution in [2.24, 2.45) is 11.8 Å². The minimum absolute atomic E-state index is 0.0157. The predicted molar refractivity (Wildman–Crippen MR) is 66.3 cm³/mol. The van der Waals surface area contributed by atoms with Crippen LogP contribution in [0.15, 0.2) is 18.5 Å². The number of pyridine rings is 1. The van der Waals surface area contributed by atoms with E-state index in [0.29, 0.717) is 17.2 Å². The van der Waals surface area contributed by atoms with Gasteiger partial charge in [0.25, 0.3) is 5.91 Å². The lowest BCUT2D eigenvalue weighted by Gasteiger charge is -2.17. The van der Waals surface area contributed by atoms with E-state index in [4.69, 9.17) is 5.84 Å². The van der Waals surface area contributed by atoms with Gasteiger partial charge in [-0.05, 0) is 18.4 Å². The zero-order valence-electron chi connectivity index (χ0n) is 10.0. The highest BCUT2D eigenvalue weighted by Crippen LogP contribution is 2.23. The fourth-order valence-electron chi connectivity index (χ4n) is 2.21. The van der Waals surface area contributed by atoms with Crippen LogP contribution in [0, 0.1) is 5.92 Å².